The van der Waals surface area contributed by atoms with E-state index in [1.54, 1.807) is 0 Å². The topological polar surface area (TPSA) is 65.5 Å². The minimum absolute atomic E-state index is 0.0512. The number of nitrogens with one attached hydrogen (secondary N) is 1. The van der Waals surface area contributed by atoms with Gasteiger partial charge in [-0.25, -0.2) is 4.98 Å². The van der Waals surface area contributed by atoms with Crippen molar-refractivity contribution < 1.29 is 9.59 Å². The number of unbranched alkanes of at least 4 members (excludes halogenated alkanes) is 1. The Morgan fingerprint density at radius 1 is 1.24 bits per heavy atom. The summed E-state index contributed by atoms with van der Waals surface area (Å²) in [6, 6.07) is 0. The van der Waals surface area contributed by atoms with Crippen LogP contribution in [0.2, 0.25) is 0 Å². The predicted octanol–water partition coefficient (Wildman–Crippen LogP) is 2.48. The van der Waals surface area contributed by atoms with Crippen LogP contribution in [0.1, 0.15) is 38.3 Å². The molecule has 25 heavy (non-hydrogen) atoms. The third-order valence-corrected chi connectivity index (χ3v) is 5.21. The maximum absolute atomic E-state index is 12.2. The van der Waals surface area contributed by atoms with Crippen molar-refractivity contribution in [3.8, 4) is 0 Å². The number of thiocarbonyl (C=S) groups is 1. The van der Waals surface area contributed by atoms with Gasteiger partial charge in [-0.15, -0.1) is 11.3 Å². The Labute approximate surface area is 158 Å². The van der Waals surface area contributed by atoms with Crippen LogP contribution in [-0.4, -0.2) is 64.2 Å². The Hall–Kier alpha value is -1.38. The minimum atomic E-state index is -0.0512. The summed E-state index contributed by atoms with van der Waals surface area (Å²) < 4.78 is 0. The van der Waals surface area contributed by atoms with E-state index in [0.29, 0.717) is 31.2 Å². The number of hydrogen-bond acceptors (Lipinski definition) is 6. The Morgan fingerprint density at radius 3 is 2.52 bits per heavy atom. The first kappa shape index (κ1) is 19.9. The molecule has 1 aliphatic heterocycles. The van der Waals surface area contributed by atoms with Gasteiger partial charge in [-0.05, 0) is 38.0 Å². The van der Waals surface area contributed by atoms with Gasteiger partial charge >= 0.3 is 0 Å². The van der Waals surface area contributed by atoms with Crippen LogP contribution in [0.3, 0.4) is 0 Å². The monoisotopic (exact) mass is 382 g/mol. The van der Waals surface area contributed by atoms with Crippen molar-refractivity contribution in [1.29, 1.82) is 0 Å². The summed E-state index contributed by atoms with van der Waals surface area (Å²) in [7, 11) is 0. The molecule has 6 nitrogen and oxygen atoms in total. The second kappa shape index (κ2) is 9.94. The maximum atomic E-state index is 12.2. The molecule has 1 N–H and O–H groups in total. The van der Waals surface area contributed by atoms with Crippen LogP contribution in [0.5, 0.6) is 0 Å². The maximum Gasteiger partial charge on any atom is 0.240 e. The molecule has 1 aromatic heterocycles. The first-order chi connectivity index (χ1) is 11.9. The van der Waals surface area contributed by atoms with E-state index in [-0.39, 0.29) is 11.8 Å². The van der Waals surface area contributed by atoms with Crippen molar-refractivity contribution in [2.24, 2.45) is 0 Å². The molecule has 2 amide bonds. The lowest BCUT2D eigenvalue weighted by Gasteiger charge is -2.34. The molecular formula is C17H26N4O2S2. The fourth-order valence-corrected chi connectivity index (χ4v) is 3.59. The van der Waals surface area contributed by atoms with Gasteiger partial charge in [0.05, 0.1) is 12.2 Å². The molecule has 2 heterocycles. The molecule has 0 aliphatic carbocycles. The molecule has 0 saturated carbocycles. The van der Waals surface area contributed by atoms with Gasteiger partial charge < -0.3 is 10.2 Å². The van der Waals surface area contributed by atoms with E-state index in [4.69, 9.17) is 12.2 Å². The largest absolute Gasteiger partial charge is 0.340 e. The molecule has 1 aliphatic rings. The first-order valence-corrected chi connectivity index (χ1v) is 9.94. The molecule has 1 fully saturated rings. The SMILES string of the molecule is CC(=S)CCCCC(=O)N1CCN(CC(=O)Nc2nc(C)cs2)CC1. The van der Waals surface area contributed by atoms with Crippen molar-refractivity contribution >= 4 is 45.4 Å². The Morgan fingerprint density at radius 2 is 1.92 bits per heavy atom. The van der Waals surface area contributed by atoms with Crippen molar-refractivity contribution in [3.05, 3.63) is 11.1 Å². The smallest absolute Gasteiger partial charge is 0.240 e. The summed E-state index contributed by atoms with van der Waals surface area (Å²) in [5.41, 5.74) is 0.910. The Kier molecular flexibility index (Phi) is 7.92. The highest BCUT2D eigenvalue weighted by atomic mass is 32.1. The zero-order valence-corrected chi connectivity index (χ0v) is 16.5. The molecule has 2 rings (SSSR count). The molecule has 0 bridgehead atoms. The second-order valence-corrected chi connectivity index (χ2v) is 7.96. The standard InChI is InChI=1S/C17H26N4O2S2/c1-13-12-25-17(18-13)19-15(22)11-20-7-9-21(10-8-20)16(23)6-4-3-5-14(2)24/h12H,3-11H2,1-2H3,(H,18,19,22). The summed E-state index contributed by atoms with van der Waals surface area (Å²) in [4.78, 5) is 33.5. The molecule has 0 unspecified atom stereocenters. The third-order valence-electron chi connectivity index (χ3n) is 4.13. The molecule has 138 valence electrons. The van der Waals surface area contributed by atoms with Gasteiger partial charge in [0, 0.05) is 38.0 Å². The van der Waals surface area contributed by atoms with Gasteiger partial charge in [0.15, 0.2) is 5.13 Å². The van der Waals surface area contributed by atoms with Crippen molar-refractivity contribution in [1.82, 2.24) is 14.8 Å². The number of carbonyl (C=O) groups is 2. The fraction of sp³-hybridized carbons (Fsp3) is 0.647. The first-order valence-electron chi connectivity index (χ1n) is 8.65. The molecule has 0 radical (unpaired) electrons. The van der Waals surface area contributed by atoms with E-state index in [2.05, 4.69) is 15.2 Å². The normalized spacial score (nSPS) is 15.2. The number of nitrogens with zero attached hydrogens (tertiary/aromatic N) is 3. The summed E-state index contributed by atoms with van der Waals surface area (Å²) >= 11 is 6.49. The van der Waals surface area contributed by atoms with Crippen LogP contribution in [0.15, 0.2) is 5.38 Å². The number of piperazine rings is 1. The summed E-state index contributed by atoms with van der Waals surface area (Å²) in [6.45, 7) is 7.03. The fourth-order valence-electron chi connectivity index (χ4n) is 2.74. The highest BCUT2D eigenvalue weighted by Crippen LogP contribution is 2.14. The van der Waals surface area contributed by atoms with E-state index in [1.165, 1.54) is 11.3 Å². The van der Waals surface area contributed by atoms with E-state index in [1.807, 2.05) is 24.1 Å². The second-order valence-electron chi connectivity index (χ2n) is 6.41. The highest BCUT2D eigenvalue weighted by molar-refractivity contribution is 7.80. The minimum Gasteiger partial charge on any atom is -0.340 e. The number of rotatable bonds is 8. The third kappa shape index (κ3) is 7.17. The zero-order valence-electron chi connectivity index (χ0n) is 14.9. The number of amides is 2. The van der Waals surface area contributed by atoms with Crippen LogP contribution in [0.4, 0.5) is 5.13 Å². The van der Waals surface area contributed by atoms with Crippen LogP contribution < -0.4 is 5.32 Å². The lowest BCUT2D eigenvalue weighted by Crippen LogP contribution is -2.50. The van der Waals surface area contributed by atoms with Crippen molar-refractivity contribution in [3.63, 3.8) is 0 Å². The molecule has 0 spiro atoms. The van der Waals surface area contributed by atoms with E-state index in [0.717, 1.165) is 42.9 Å². The van der Waals surface area contributed by atoms with Crippen molar-refractivity contribution in [2.75, 3.05) is 38.0 Å². The quantitative estimate of drug-likeness (QED) is 0.553. The Balaban J connectivity index is 1.64. The van der Waals surface area contributed by atoms with Crippen LogP contribution in [0.25, 0.3) is 0 Å². The van der Waals surface area contributed by atoms with Crippen molar-refractivity contribution in [2.45, 2.75) is 39.5 Å². The lowest BCUT2D eigenvalue weighted by atomic mass is 10.1. The van der Waals surface area contributed by atoms with Gasteiger partial charge in [-0.1, -0.05) is 12.2 Å². The van der Waals surface area contributed by atoms with Gasteiger partial charge in [-0.3, -0.25) is 14.5 Å². The predicted molar refractivity (Wildman–Crippen MR) is 105 cm³/mol. The number of aromatic nitrogens is 1. The number of aryl methyl sites for hydroxylation is 1. The highest BCUT2D eigenvalue weighted by Gasteiger charge is 2.22. The van der Waals surface area contributed by atoms with Gasteiger partial charge in [-0.2, -0.15) is 0 Å². The van der Waals surface area contributed by atoms with Crippen LogP contribution in [0, 0.1) is 6.92 Å². The van der Waals surface area contributed by atoms with Gasteiger partial charge in [0.25, 0.3) is 0 Å². The van der Waals surface area contributed by atoms with Gasteiger partial charge in [0.2, 0.25) is 11.8 Å². The molecular weight excluding hydrogens is 356 g/mol. The molecule has 8 heteroatoms. The number of thiazole rings is 1. The zero-order chi connectivity index (χ0) is 18.2. The Bertz CT molecular complexity index is 610. The van der Waals surface area contributed by atoms with E-state index >= 15 is 0 Å². The number of carbonyl (C=O) groups excluding carboxylic acids is 2. The molecule has 1 saturated heterocycles. The summed E-state index contributed by atoms with van der Waals surface area (Å²) in [6.07, 6.45) is 3.39. The molecule has 1 aromatic rings. The molecule has 0 aromatic carbocycles. The van der Waals surface area contributed by atoms with Crippen LogP contribution in [-0.2, 0) is 9.59 Å². The van der Waals surface area contributed by atoms with E-state index < -0.39 is 0 Å². The summed E-state index contributed by atoms with van der Waals surface area (Å²) in [5, 5.41) is 5.38. The summed E-state index contributed by atoms with van der Waals surface area (Å²) in [5.74, 6) is 0.161. The number of anilines is 1. The number of hydrogen-bond donors (Lipinski definition) is 1. The average molecular weight is 383 g/mol. The van der Waals surface area contributed by atoms with Gasteiger partial charge in [0.1, 0.15) is 0 Å². The lowest BCUT2D eigenvalue weighted by molar-refractivity contribution is -0.133. The average Bonchev–Trinajstić information content (AvgIpc) is 2.96. The van der Waals surface area contributed by atoms with Crippen LogP contribution >= 0.6 is 23.6 Å². The van der Waals surface area contributed by atoms with E-state index in [9.17, 15) is 9.59 Å². The molecule has 0 atom stereocenters.